The van der Waals surface area contributed by atoms with Crippen LogP contribution >= 0.6 is 0 Å². The maximum Gasteiger partial charge on any atom is 0.335 e. The first-order chi connectivity index (χ1) is 10.3. The lowest BCUT2D eigenvalue weighted by atomic mass is 10.00. The Morgan fingerprint density at radius 1 is 1.14 bits per heavy atom. The number of carbonyl (C=O) groups is 1. The van der Waals surface area contributed by atoms with Crippen LogP contribution in [0.25, 0.3) is 11.1 Å². The van der Waals surface area contributed by atoms with Gasteiger partial charge in [0.2, 0.25) is 10.0 Å². The molecule has 0 amide bonds. The quantitative estimate of drug-likeness (QED) is 0.887. The highest BCUT2D eigenvalue weighted by atomic mass is 32.2. The summed E-state index contributed by atoms with van der Waals surface area (Å²) in [7, 11) is -3.48. The maximum absolute atomic E-state index is 12.0. The summed E-state index contributed by atoms with van der Waals surface area (Å²) in [6.07, 6.45) is 0. The number of carboxylic acids is 1. The third-order valence-electron chi connectivity index (χ3n) is 3.29. The molecule has 0 saturated heterocycles. The lowest BCUT2D eigenvalue weighted by Crippen LogP contribution is -2.23. The molecule has 0 fully saturated rings. The molecule has 2 aromatic rings. The topological polar surface area (TPSA) is 83.5 Å². The number of carboxylic acid groups (broad SMARTS) is 1. The zero-order valence-electron chi connectivity index (χ0n) is 12.3. The van der Waals surface area contributed by atoms with Crippen LogP contribution in [-0.4, -0.2) is 26.0 Å². The molecule has 0 unspecified atom stereocenters. The Morgan fingerprint density at radius 2 is 1.77 bits per heavy atom. The van der Waals surface area contributed by atoms with Crippen LogP contribution in [0.5, 0.6) is 0 Å². The Bertz CT molecular complexity index is 795. The molecule has 0 spiro atoms. The highest BCUT2D eigenvalue weighted by Crippen LogP contribution is 2.26. The van der Waals surface area contributed by atoms with E-state index in [1.54, 1.807) is 37.3 Å². The van der Waals surface area contributed by atoms with Crippen molar-refractivity contribution in [3.63, 3.8) is 0 Å². The van der Waals surface area contributed by atoms with E-state index < -0.39 is 16.0 Å². The highest BCUT2D eigenvalue weighted by Gasteiger charge is 2.14. The van der Waals surface area contributed by atoms with Gasteiger partial charge in [0.25, 0.3) is 0 Å². The van der Waals surface area contributed by atoms with Crippen molar-refractivity contribution >= 4 is 16.0 Å². The van der Waals surface area contributed by atoms with Crippen molar-refractivity contribution in [1.82, 2.24) is 4.72 Å². The van der Waals surface area contributed by atoms with E-state index in [1.807, 2.05) is 6.92 Å². The lowest BCUT2D eigenvalue weighted by molar-refractivity contribution is 0.0697. The second-order valence-electron chi connectivity index (χ2n) is 4.86. The van der Waals surface area contributed by atoms with Crippen LogP contribution in [-0.2, 0) is 10.0 Å². The van der Waals surface area contributed by atoms with Gasteiger partial charge in [-0.25, -0.2) is 17.9 Å². The molecule has 5 nitrogen and oxygen atoms in total. The number of sulfonamides is 1. The van der Waals surface area contributed by atoms with Gasteiger partial charge < -0.3 is 5.11 Å². The summed E-state index contributed by atoms with van der Waals surface area (Å²) in [6.45, 7) is 3.88. The van der Waals surface area contributed by atoms with Gasteiger partial charge in [0.1, 0.15) is 0 Å². The fraction of sp³-hybridized carbons (Fsp3) is 0.188. The van der Waals surface area contributed by atoms with E-state index in [4.69, 9.17) is 5.11 Å². The number of hydrogen-bond acceptors (Lipinski definition) is 3. The van der Waals surface area contributed by atoms with Crippen molar-refractivity contribution in [2.45, 2.75) is 18.7 Å². The zero-order chi connectivity index (χ0) is 16.3. The molecule has 0 saturated carbocycles. The molecule has 0 bridgehead atoms. The highest BCUT2D eigenvalue weighted by molar-refractivity contribution is 7.89. The predicted molar refractivity (Wildman–Crippen MR) is 84.4 cm³/mol. The first-order valence-electron chi connectivity index (χ1n) is 6.79. The van der Waals surface area contributed by atoms with E-state index in [0.717, 1.165) is 16.7 Å². The number of aryl methyl sites for hydroxylation is 1. The molecule has 2 N–H and O–H groups in total. The van der Waals surface area contributed by atoms with Crippen LogP contribution in [0, 0.1) is 6.92 Å². The standard InChI is InChI=1S/C16H17NO4S/c1-3-17-22(20,21)14-8-9-15(11(2)10-14)12-4-6-13(7-5-12)16(18)19/h4-10,17H,3H2,1-2H3,(H,18,19). The number of aromatic carboxylic acids is 1. The van der Waals surface area contributed by atoms with Crippen molar-refractivity contribution in [2.75, 3.05) is 6.54 Å². The average Bonchev–Trinajstić information content (AvgIpc) is 2.47. The Balaban J connectivity index is 2.40. The van der Waals surface area contributed by atoms with E-state index in [0.29, 0.717) is 6.54 Å². The molecular weight excluding hydrogens is 302 g/mol. The zero-order valence-corrected chi connectivity index (χ0v) is 13.1. The maximum atomic E-state index is 12.0. The molecule has 0 aliphatic heterocycles. The molecular formula is C16H17NO4S. The van der Waals surface area contributed by atoms with Crippen LogP contribution in [0.4, 0.5) is 0 Å². The summed E-state index contributed by atoms with van der Waals surface area (Å²) >= 11 is 0. The minimum Gasteiger partial charge on any atom is -0.478 e. The second kappa shape index (κ2) is 6.29. The Morgan fingerprint density at radius 3 is 2.27 bits per heavy atom. The van der Waals surface area contributed by atoms with E-state index in [9.17, 15) is 13.2 Å². The molecule has 0 heterocycles. The van der Waals surface area contributed by atoms with Crippen molar-refractivity contribution in [3.05, 3.63) is 53.6 Å². The van der Waals surface area contributed by atoms with E-state index >= 15 is 0 Å². The van der Waals surface area contributed by atoms with Gasteiger partial charge in [0.05, 0.1) is 10.5 Å². The average molecular weight is 319 g/mol. The molecule has 0 aromatic heterocycles. The van der Waals surface area contributed by atoms with Crippen molar-refractivity contribution in [2.24, 2.45) is 0 Å². The monoisotopic (exact) mass is 319 g/mol. The molecule has 0 atom stereocenters. The number of rotatable bonds is 5. The predicted octanol–water partition coefficient (Wildman–Crippen LogP) is 2.66. The number of hydrogen-bond donors (Lipinski definition) is 2. The van der Waals surface area contributed by atoms with Crippen LogP contribution in [0.3, 0.4) is 0 Å². The molecule has 0 aliphatic rings. The number of benzene rings is 2. The fourth-order valence-electron chi connectivity index (χ4n) is 2.19. The normalized spacial score (nSPS) is 11.4. The van der Waals surface area contributed by atoms with Gasteiger partial charge in [0.15, 0.2) is 0 Å². The molecule has 0 radical (unpaired) electrons. The minimum absolute atomic E-state index is 0.216. The molecule has 2 aromatic carbocycles. The minimum atomic E-state index is -3.48. The second-order valence-corrected chi connectivity index (χ2v) is 6.63. The molecule has 0 aliphatic carbocycles. The summed E-state index contributed by atoms with van der Waals surface area (Å²) < 4.78 is 26.4. The first-order valence-corrected chi connectivity index (χ1v) is 8.27. The summed E-state index contributed by atoms with van der Waals surface area (Å²) in [5.41, 5.74) is 2.73. The Kier molecular flexibility index (Phi) is 4.63. The van der Waals surface area contributed by atoms with E-state index in [1.165, 1.54) is 12.1 Å². The van der Waals surface area contributed by atoms with E-state index in [-0.39, 0.29) is 10.5 Å². The largest absolute Gasteiger partial charge is 0.478 e. The summed E-state index contributed by atoms with van der Waals surface area (Å²) in [4.78, 5) is 11.1. The van der Waals surface area contributed by atoms with Gasteiger partial charge in [-0.2, -0.15) is 0 Å². The van der Waals surface area contributed by atoms with Crippen LogP contribution in [0.1, 0.15) is 22.8 Å². The Labute approximate surface area is 129 Å². The van der Waals surface area contributed by atoms with Gasteiger partial charge in [-0.15, -0.1) is 0 Å². The van der Waals surface area contributed by atoms with Gasteiger partial charge in [-0.05, 0) is 47.9 Å². The third-order valence-corrected chi connectivity index (χ3v) is 4.83. The van der Waals surface area contributed by atoms with Gasteiger partial charge in [-0.1, -0.05) is 25.1 Å². The third kappa shape index (κ3) is 3.35. The van der Waals surface area contributed by atoms with Crippen LogP contribution < -0.4 is 4.72 Å². The Hall–Kier alpha value is -2.18. The van der Waals surface area contributed by atoms with Gasteiger partial charge >= 0.3 is 5.97 Å². The van der Waals surface area contributed by atoms with Gasteiger partial charge in [-0.3, -0.25) is 0 Å². The molecule has 6 heteroatoms. The van der Waals surface area contributed by atoms with Crippen molar-refractivity contribution in [3.8, 4) is 11.1 Å². The summed E-state index contributed by atoms with van der Waals surface area (Å²) in [5, 5.41) is 8.90. The SMILES string of the molecule is CCNS(=O)(=O)c1ccc(-c2ccc(C(=O)O)cc2)c(C)c1. The van der Waals surface area contributed by atoms with Crippen molar-refractivity contribution < 1.29 is 18.3 Å². The first kappa shape index (κ1) is 16.2. The summed E-state index contributed by atoms with van der Waals surface area (Å²) in [6, 6.07) is 11.4. The van der Waals surface area contributed by atoms with Crippen LogP contribution in [0.2, 0.25) is 0 Å². The van der Waals surface area contributed by atoms with Crippen LogP contribution in [0.15, 0.2) is 47.4 Å². The fourth-order valence-corrected chi connectivity index (χ4v) is 3.32. The molecule has 22 heavy (non-hydrogen) atoms. The van der Waals surface area contributed by atoms with E-state index in [2.05, 4.69) is 4.72 Å². The number of nitrogens with one attached hydrogen (secondary N) is 1. The summed E-state index contributed by atoms with van der Waals surface area (Å²) in [5.74, 6) is -0.977. The molecule has 2 rings (SSSR count). The lowest BCUT2D eigenvalue weighted by Gasteiger charge is -2.10. The molecule has 116 valence electrons. The van der Waals surface area contributed by atoms with Gasteiger partial charge in [0, 0.05) is 6.54 Å². The smallest absolute Gasteiger partial charge is 0.335 e. The van der Waals surface area contributed by atoms with Crippen molar-refractivity contribution in [1.29, 1.82) is 0 Å².